The van der Waals surface area contributed by atoms with Crippen molar-refractivity contribution in [1.82, 2.24) is 0 Å². The molecule has 0 aromatic heterocycles. The molecule has 0 aromatic carbocycles. The van der Waals surface area contributed by atoms with Crippen molar-refractivity contribution in [3.63, 3.8) is 0 Å². The molecule has 0 unspecified atom stereocenters. The van der Waals surface area contributed by atoms with Gasteiger partial charge in [-0.1, -0.05) is 19.9 Å². The van der Waals surface area contributed by atoms with Crippen molar-refractivity contribution in [1.29, 1.82) is 0 Å². The van der Waals surface area contributed by atoms with Gasteiger partial charge in [-0.05, 0) is 6.42 Å². The molecule has 0 heterocycles. The van der Waals surface area contributed by atoms with Crippen LogP contribution in [0.25, 0.3) is 0 Å². The highest BCUT2D eigenvalue weighted by atomic mass is 16.4. The largest absolute Gasteiger partial charge is 0.481 e. The van der Waals surface area contributed by atoms with Crippen molar-refractivity contribution in [2.24, 2.45) is 11.1 Å². The predicted octanol–water partition coefficient (Wildman–Crippen LogP) is 0.845. The summed E-state index contributed by atoms with van der Waals surface area (Å²) in [4.78, 5) is 21.5. The third-order valence-corrected chi connectivity index (χ3v) is 2.77. The first-order chi connectivity index (χ1) is 6.67. The average Bonchev–Trinajstić information content (AvgIpc) is 2.13. The fourth-order valence-electron chi connectivity index (χ4n) is 1.19. The van der Waals surface area contributed by atoms with Gasteiger partial charge in [0.2, 0.25) is 0 Å². The van der Waals surface area contributed by atoms with Gasteiger partial charge in [-0.2, -0.15) is 0 Å². The SMILES string of the molecule is C=CC(C)(C)[C@](N)(CCC(=O)O)C(=O)O. The van der Waals surface area contributed by atoms with Gasteiger partial charge < -0.3 is 15.9 Å². The second kappa shape index (κ2) is 4.44. The molecule has 15 heavy (non-hydrogen) atoms. The molecule has 0 aromatic rings. The van der Waals surface area contributed by atoms with Crippen LogP contribution in [0.4, 0.5) is 0 Å². The van der Waals surface area contributed by atoms with Crippen LogP contribution < -0.4 is 5.73 Å². The van der Waals surface area contributed by atoms with Gasteiger partial charge in [0.1, 0.15) is 5.54 Å². The molecular weight excluding hydrogens is 198 g/mol. The quantitative estimate of drug-likeness (QED) is 0.570. The lowest BCUT2D eigenvalue weighted by Gasteiger charge is -2.38. The minimum Gasteiger partial charge on any atom is -0.481 e. The molecule has 0 aliphatic carbocycles. The highest BCUT2D eigenvalue weighted by Gasteiger charge is 2.46. The van der Waals surface area contributed by atoms with Crippen molar-refractivity contribution >= 4 is 11.9 Å². The fraction of sp³-hybridized carbons (Fsp3) is 0.600. The molecule has 0 spiro atoms. The third kappa shape index (κ3) is 2.79. The summed E-state index contributed by atoms with van der Waals surface area (Å²) in [5.74, 6) is -2.28. The molecule has 0 aliphatic rings. The molecule has 0 saturated carbocycles. The molecule has 1 atom stereocenters. The molecule has 4 N–H and O–H groups in total. The molecule has 5 nitrogen and oxygen atoms in total. The summed E-state index contributed by atoms with van der Waals surface area (Å²) < 4.78 is 0. The van der Waals surface area contributed by atoms with Gasteiger partial charge in [0.05, 0.1) is 0 Å². The van der Waals surface area contributed by atoms with Crippen LogP contribution in [0.15, 0.2) is 12.7 Å². The number of hydrogen-bond donors (Lipinski definition) is 3. The van der Waals surface area contributed by atoms with Crippen LogP contribution in [0.5, 0.6) is 0 Å². The Labute approximate surface area is 88.6 Å². The normalized spacial score (nSPS) is 15.4. The van der Waals surface area contributed by atoms with Crippen molar-refractivity contribution < 1.29 is 19.8 Å². The van der Waals surface area contributed by atoms with Gasteiger partial charge in [0, 0.05) is 11.8 Å². The zero-order valence-electron chi connectivity index (χ0n) is 8.99. The van der Waals surface area contributed by atoms with Gasteiger partial charge >= 0.3 is 11.9 Å². The Bertz CT molecular complexity index is 285. The van der Waals surface area contributed by atoms with E-state index in [-0.39, 0.29) is 12.8 Å². The summed E-state index contributed by atoms with van der Waals surface area (Å²) >= 11 is 0. The van der Waals surface area contributed by atoms with Crippen LogP contribution in [0.1, 0.15) is 26.7 Å². The zero-order chi connectivity index (χ0) is 12.3. The van der Waals surface area contributed by atoms with Crippen molar-refractivity contribution in [3.05, 3.63) is 12.7 Å². The molecule has 0 fully saturated rings. The van der Waals surface area contributed by atoms with Gasteiger partial charge in [-0.15, -0.1) is 6.58 Å². The molecule has 86 valence electrons. The van der Waals surface area contributed by atoms with Gasteiger partial charge in [0.15, 0.2) is 0 Å². The van der Waals surface area contributed by atoms with Crippen molar-refractivity contribution in [2.75, 3.05) is 0 Å². The molecule has 0 bridgehead atoms. The minimum absolute atomic E-state index is 0.128. The van der Waals surface area contributed by atoms with Crippen molar-refractivity contribution in [2.45, 2.75) is 32.2 Å². The maximum absolute atomic E-state index is 11.1. The highest BCUT2D eigenvalue weighted by Crippen LogP contribution is 2.34. The van der Waals surface area contributed by atoms with E-state index in [1.165, 1.54) is 6.08 Å². The lowest BCUT2D eigenvalue weighted by atomic mass is 9.70. The summed E-state index contributed by atoms with van der Waals surface area (Å²) in [6.07, 6.45) is 1.03. The van der Waals surface area contributed by atoms with E-state index in [0.717, 1.165) is 0 Å². The minimum atomic E-state index is -1.60. The van der Waals surface area contributed by atoms with Crippen molar-refractivity contribution in [3.8, 4) is 0 Å². The smallest absolute Gasteiger partial charge is 0.324 e. The van der Waals surface area contributed by atoms with Crippen LogP contribution in [0.3, 0.4) is 0 Å². The van der Waals surface area contributed by atoms with Gasteiger partial charge in [-0.3, -0.25) is 9.59 Å². The van der Waals surface area contributed by atoms with E-state index in [1.807, 2.05) is 0 Å². The molecule has 5 heteroatoms. The molecular formula is C10H17NO4. The molecule has 0 amide bonds. The first-order valence-corrected chi connectivity index (χ1v) is 4.55. The molecule has 0 rings (SSSR count). The van der Waals surface area contributed by atoms with E-state index in [9.17, 15) is 9.59 Å². The summed E-state index contributed by atoms with van der Waals surface area (Å²) in [6, 6.07) is 0. The lowest BCUT2D eigenvalue weighted by Crippen LogP contribution is -2.58. The van der Waals surface area contributed by atoms with Gasteiger partial charge in [-0.25, -0.2) is 0 Å². The Morgan fingerprint density at radius 3 is 2.13 bits per heavy atom. The van der Waals surface area contributed by atoms with E-state index in [4.69, 9.17) is 15.9 Å². The monoisotopic (exact) mass is 215 g/mol. The topological polar surface area (TPSA) is 101 Å². The second-order valence-electron chi connectivity index (χ2n) is 4.10. The number of carbonyl (C=O) groups is 2. The maximum Gasteiger partial charge on any atom is 0.324 e. The Balaban J connectivity index is 4.98. The number of carboxylic acids is 2. The first kappa shape index (κ1) is 13.6. The first-order valence-electron chi connectivity index (χ1n) is 4.55. The van der Waals surface area contributed by atoms with Gasteiger partial charge in [0.25, 0.3) is 0 Å². The number of hydrogen-bond acceptors (Lipinski definition) is 3. The number of aliphatic carboxylic acids is 2. The summed E-state index contributed by atoms with van der Waals surface area (Å²) in [6.45, 7) is 6.76. The fourth-order valence-corrected chi connectivity index (χ4v) is 1.19. The van der Waals surface area contributed by atoms with Crippen LogP contribution in [0.2, 0.25) is 0 Å². The van der Waals surface area contributed by atoms with Crippen LogP contribution >= 0.6 is 0 Å². The predicted molar refractivity (Wildman–Crippen MR) is 55.4 cm³/mol. The summed E-state index contributed by atoms with van der Waals surface area (Å²) in [7, 11) is 0. The zero-order valence-corrected chi connectivity index (χ0v) is 8.99. The van der Waals surface area contributed by atoms with Crippen LogP contribution in [0, 0.1) is 5.41 Å². The molecule has 0 radical (unpaired) electrons. The van der Waals surface area contributed by atoms with Crippen LogP contribution in [-0.2, 0) is 9.59 Å². The lowest BCUT2D eigenvalue weighted by molar-refractivity contribution is -0.148. The number of rotatable bonds is 6. The van der Waals surface area contributed by atoms with E-state index >= 15 is 0 Å². The number of carboxylic acid groups (broad SMARTS) is 2. The van der Waals surface area contributed by atoms with E-state index in [0.29, 0.717) is 0 Å². The standard InChI is InChI=1S/C10H17NO4/c1-4-9(2,3)10(11,8(14)15)6-5-7(12)13/h4H,1,5-6,11H2,2-3H3,(H,12,13)(H,14,15)/t10-/m0/s1. The van der Waals surface area contributed by atoms with E-state index < -0.39 is 22.9 Å². The highest BCUT2D eigenvalue weighted by molar-refractivity contribution is 5.81. The maximum atomic E-state index is 11.1. The van der Waals surface area contributed by atoms with E-state index in [2.05, 4.69) is 6.58 Å². The Hall–Kier alpha value is -1.36. The third-order valence-electron chi connectivity index (χ3n) is 2.77. The molecule has 0 saturated heterocycles. The summed E-state index contributed by atoms with van der Waals surface area (Å²) in [5.41, 5.74) is 3.27. The average molecular weight is 215 g/mol. The summed E-state index contributed by atoms with van der Waals surface area (Å²) in [5, 5.41) is 17.6. The Kier molecular flexibility index (Phi) is 4.04. The Morgan fingerprint density at radius 1 is 1.40 bits per heavy atom. The Morgan fingerprint density at radius 2 is 1.87 bits per heavy atom. The molecule has 0 aliphatic heterocycles. The van der Waals surface area contributed by atoms with E-state index in [1.54, 1.807) is 13.8 Å². The number of nitrogens with two attached hydrogens (primary N) is 1. The second-order valence-corrected chi connectivity index (χ2v) is 4.10. The van der Waals surface area contributed by atoms with Crippen LogP contribution in [-0.4, -0.2) is 27.7 Å².